The molecule has 1 atom stereocenters. The third kappa shape index (κ3) is 2.90. The molecule has 0 aliphatic heterocycles. The van der Waals surface area contributed by atoms with Gasteiger partial charge in [-0.2, -0.15) is 5.10 Å². The number of nitrogens with zero attached hydrogens (tertiary/aromatic N) is 2. The van der Waals surface area contributed by atoms with E-state index < -0.39 is 0 Å². The van der Waals surface area contributed by atoms with Gasteiger partial charge in [0.25, 0.3) is 0 Å². The maximum Gasteiger partial charge on any atom is 0.137 e. The maximum atomic E-state index is 5.92. The normalized spacial score (nSPS) is 12.5. The first kappa shape index (κ1) is 13.6. The summed E-state index contributed by atoms with van der Waals surface area (Å²) >= 11 is 0. The minimum atomic E-state index is 0.341. The number of para-hydroxylation sites is 1. The van der Waals surface area contributed by atoms with Crippen molar-refractivity contribution in [3.05, 3.63) is 60.6 Å². The van der Waals surface area contributed by atoms with Crippen LogP contribution in [-0.2, 0) is 0 Å². The first-order valence-corrected chi connectivity index (χ1v) is 7.18. The van der Waals surface area contributed by atoms with Gasteiger partial charge in [0.15, 0.2) is 0 Å². The third-order valence-electron chi connectivity index (χ3n) is 3.60. The van der Waals surface area contributed by atoms with Gasteiger partial charge in [0.1, 0.15) is 11.5 Å². The summed E-state index contributed by atoms with van der Waals surface area (Å²) in [4.78, 5) is 0. The number of nitrogens with two attached hydrogens (primary N) is 1. The number of rotatable bonds is 5. The van der Waals surface area contributed by atoms with Crippen molar-refractivity contribution in [2.24, 2.45) is 5.73 Å². The predicted octanol–water partition coefficient (Wildman–Crippen LogP) is 3.58. The first-order chi connectivity index (χ1) is 10.3. The predicted molar refractivity (Wildman–Crippen MR) is 83.4 cm³/mol. The fourth-order valence-electron chi connectivity index (χ4n) is 2.34. The van der Waals surface area contributed by atoms with Crippen molar-refractivity contribution in [2.75, 3.05) is 6.54 Å². The van der Waals surface area contributed by atoms with Crippen LogP contribution in [-0.4, -0.2) is 16.3 Å². The molecular weight excluding hydrogens is 262 g/mol. The monoisotopic (exact) mass is 281 g/mol. The summed E-state index contributed by atoms with van der Waals surface area (Å²) in [5.74, 6) is 2.16. The van der Waals surface area contributed by atoms with Gasteiger partial charge in [-0.25, -0.2) is 4.68 Å². The Kier molecular flexibility index (Phi) is 3.88. The molecule has 0 bridgehead atoms. The average Bonchev–Trinajstić information content (AvgIpc) is 3.17. The summed E-state index contributed by atoms with van der Waals surface area (Å²) in [5, 5.41) is 4.39. The molecule has 0 fully saturated rings. The van der Waals surface area contributed by atoms with E-state index in [0.29, 0.717) is 12.5 Å². The molecular formula is C17H19N3O. The molecule has 1 aromatic carbocycles. The Hall–Kier alpha value is -2.33. The van der Waals surface area contributed by atoms with Gasteiger partial charge in [0.05, 0.1) is 17.4 Å². The maximum absolute atomic E-state index is 5.92. The highest BCUT2D eigenvalue weighted by Gasteiger charge is 2.12. The summed E-state index contributed by atoms with van der Waals surface area (Å²) in [5.41, 5.74) is 7.61. The SMILES string of the molecule is CC(CCN)c1ccc(-c2cnn(-c3ccccc3)c2)o1. The van der Waals surface area contributed by atoms with E-state index in [0.717, 1.165) is 29.2 Å². The van der Waals surface area contributed by atoms with Crippen molar-refractivity contribution >= 4 is 0 Å². The van der Waals surface area contributed by atoms with Crippen LogP contribution in [0.15, 0.2) is 59.3 Å². The summed E-state index contributed by atoms with van der Waals surface area (Å²) < 4.78 is 7.77. The second-order valence-electron chi connectivity index (χ2n) is 5.19. The zero-order chi connectivity index (χ0) is 14.7. The smallest absolute Gasteiger partial charge is 0.137 e. The quantitative estimate of drug-likeness (QED) is 0.777. The minimum absolute atomic E-state index is 0.341. The second kappa shape index (κ2) is 5.97. The molecule has 4 nitrogen and oxygen atoms in total. The molecule has 0 aliphatic rings. The molecule has 21 heavy (non-hydrogen) atoms. The molecule has 2 heterocycles. The molecule has 3 aromatic rings. The van der Waals surface area contributed by atoms with Crippen molar-refractivity contribution < 1.29 is 4.42 Å². The van der Waals surface area contributed by atoms with Gasteiger partial charge in [-0.1, -0.05) is 25.1 Å². The molecule has 0 radical (unpaired) electrons. The van der Waals surface area contributed by atoms with Crippen LogP contribution in [0.4, 0.5) is 0 Å². The molecule has 3 rings (SSSR count). The van der Waals surface area contributed by atoms with E-state index in [1.165, 1.54) is 0 Å². The molecule has 2 N–H and O–H groups in total. The molecule has 0 spiro atoms. The van der Waals surface area contributed by atoms with Crippen LogP contribution in [0.5, 0.6) is 0 Å². The lowest BCUT2D eigenvalue weighted by Crippen LogP contribution is -2.03. The lowest BCUT2D eigenvalue weighted by molar-refractivity contribution is 0.474. The van der Waals surface area contributed by atoms with E-state index in [9.17, 15) is 0 Å². The topological polar surface area (TPSA) is 57.0 Å². The second-order valence-corrected chi connectivity index (χ2v) is 5.19. The molecule has 4 heteroatoms. The van der Waals surface area contributed by atoms with E-state index in [2.05, 4.69) is 12.0 Å². The van der Waals surface area contributed by atoms with E-state index in [1.54, 1.807) is 0 Å². The van der Waals surface area contributed by atoms with Crippen molar-refractivity contribution in [1.82, 2.24) is 9.78 Å². The van der Waals surface area contributed by atoms with E-state index in [4.69, 9.17) is 10.2 Å². The Bertz CT molecular complexity index is 700. The van der Waals surface area contributed by atoms with E-state index in [1.807, 2.05) is 59.5 Å². The summed E-state index contributed by atoms with van der Waals surface area (Å²) in [7, 11) is 0. The number of benzene rings is 1. The van der Waals surface area contributed by atoms with Crippen LogP contribution in [0, 0.1) is 0 Å². The number of furan rings is 1. The summed E-state index contributed by atoms with van der Waals surface area (Å²) in [6.07, 6.45) is 4.73. The van der Waals surface area contributed by atoms with Gasteiger partial charge >= 0.3 is 0 Å². The highest BCUT2D eigenvalue weighted by molar-refractivity contribution is 5.56. The Morgan fingerprint density at radius 3 is 2.76 bits per heavy atom. The van der Waals surface area contributed by atoms with Gasteiger partial charge in [0, 0.05) is 12.1 Å². The van der Waals surface area contributed by atoms with Gasteiger partial charge in [0.2, 0.25) is 0 Å². The summed E-state index contributed by atoms with van der Waals surface area (Å²) in [6, 6.07) is 14.0. The molecule has 0 aliphatic carbocycles. The Labute approximate surface area is 124 Å². The van der Waals surface area contributed by atoms with Crippen molar-refractivity contribution in [1.29, 1.82) is 0 Å². The van der Waals surface area contributed by atoms with Crippen LogP contribution in [0.25, 0.3) is 17.0 Å². The zero-order valence-electron chi connectivity index (χ0n) is 12.1. The third-order valence-corrected chi connectivity index (χ3v) is 3.60. The van der Waals surface area contributed by atoms with Crippen molar-refractivity contribution in [3.8, 4) is 17.0 Å². The number of hydrogen-bond acceptors (Lipinski definition) is 3. The lowest BCUT2D eigenvalue weighted by atomic mass is 10.1. The highest BCUT2D eigenvalue weighted by atomic mass is 16.3. The zero-order valence-corrected chi connectivity index (χ0v) is 12.1. The van der Waals surface area contributed by atoms with Crippen molar-refractivity contribution in [2.45, 2.75) is 19.3 Å². The van der Waals surface area contributed by atoms with Gasteiger partial charge in [-0.05, 0) is 37.2 Å². The van der Waals surface area contributed by atoms with E-state index in [-0.39, 0.29) is 0 Å². The largest absolute Gasteiger partial charge is 0.461 e. The fourth-order valence-corrected chi connectivity index (χ4v) is 2.34. The van der Waals surface area contributed by atoms with Gasteiger partial charge < -0.3 is 10.2 Å². The highest BCUT2D eigenvalue weighted by Crippen LogP contribution is 2.27. The lowest BCUT2D eigenvalue weighted by Gasteiger charge is -2.05. The van der Waals surface area contributed by atoms with Crippen molar-refractivity contribution in [3.63, 3.8) is 0 Å². The first-order valence-electron chi connectivity index (χ1n) is 7.18. The molecule has 108 valence electrons. The molecule has 0 saturated heterocycles. The van der Waals surface area contributed by atoms with Crippen LogP contribution < -0.4 is 5.73 Å². The number of aromatic nitrogens is 2. The Morgan fingerprint density at radius 2 is 2.00 bits per heavy atom. The molecule has 2 aromatic heterocycles. The van der Waals surface area contributed by atoms with Crippen LogP contribution in [0.1, 0.15) is 25.0 Å². The fraction of sp³-hybridized carbons (Fsp3) is 0.235. The van der Waals surface area contributed by atoms with Gasteiger partial charge in [-0.3, -0.25) is 0 Å². The van der Waals surface area contributed by atoms with Crippen LogP contribution in [0.3, 0.4) is 0 Å². The van der Waals surface area contributed by atoms with Crippen LogP contribution in [0.2, 0.25) is 0 Å². The molecule has 1 unspecified atom stereocenters. The molecule has 0 amide bonds. The van der Waals surface area contributed by atoms with Crippen LogP contribution >= 0.6 is 0 Å². The molecule has 0 saturated carbocycles. The Morgan fingerprint density at radius 1 is 1.19 bits per heavy atom. The average molecular weight is 281 g/mol. The standard InChI is InChI=1S/C17H19N3O/c1-13(9-10-18)16-7-8-17(21-16)14-11-19-20(12-14)15-5-3-2-4-6-15/h2-8,11-13H,9-10,18H2,1H3. The minimum Gasteiger partial charge on any atom is -0.461 e. The van der Waals surface area contributed by atoms with Gasteiger partial charge in [-0.15, -0.1) is 0 Å². The van der Waals surface area contributed by atoms with E-state index >= 15 is 0 Å². The summed E-state index contributed by atoms with van der Waals surface area (Å²) in [6.45, 7) is 2.80. The Balaban J connectivity index is 1.84. The number of hydrogen-bond donors (Lipinski definition) is 1.